The molecule has 0 aliphatic heterocycles. The van der Waals surface area contributed by atoms with Crippen LogP contribution < -0.4 is 5.32 Å². The average molecular weight is 389 g/mol. The zero-order chi connectivity index (χ0) is 20.2. The molecule has 3 aromatic rings. The average Bonchev–Trinajstić information content (AvgIpc) is 3.06. The van der Waals surface area contributed by atoms with Crippen molar-refractivity contribution in [2.45, 2.75) is 12.3 Å². The van der Waals surface area contributed by atoms with Gasteiger partial charge >= 0.3 is 12.1 Å². The molecular weight excluding hydrogens is 370 g/mol. The molecule has 4 rings (SSSR count). The molecule has 0 spiro atoms. The molecule has 7 heteroatoms. The number of hydrogen-bond donors (Lipinski definition) is 2. The number of alkyl carbamates (subject to hydrolysis) is 1. The minimum atomic E-state index is -1.11. The quantitative estimate of drug-likeness (QED) is 0.671. The van der Waals surface area contributed by atoms with Crippen molar-refractivity contribution in [2.24, 2.45) is 0 Å². The summed E-state index contributed by atoms with van der Waals surface area (Å²) in [5.74, 6) is -0.759. The van der Waals surface area contributed by atoms with Crippen molar-refractivity contribution in [2.75, 3.05) is 13.2 Å². The second-order valence-corrected chi connectivity index (χ2v) is 6.67. The lowest BCUT2D eigenvalue weighted by atomic mass is 9.98. The zero-order valence-corrected chi connectivity index (χ0v) is 15.5. The fourth-order valence-corrected chi connectivity index (χ4v) is 3.56. The van der Waals surface area contributed by atoms with Crippen LogP contribution in [-0.4, -0.2) is 40.3 Å². The van der Waals surface area contributed by atoms with Gasteiger partial charge in [0.1, 0.15) is 12.4 Å². The van der Waals surface area contributed by atoms with Gasteiger partial charge in [-0.3, -0.25) is 0 Å². The fourth-order valence-electron chi connectivity index (χ4n) is 3.56. The summed E-state index contributed by atoms with van der Waals surface area (Å²) in [7, 11) is 0. The van der Waals surface area contributed by atoms with E-state index in [4.69, 9.17) is 9.84 Å². The normalized spacial score (nSPS) is 12.1. The van der Waals surface area contributed by atoms with Crippen molar-refractivity contribution in [1.82, 2.24) is 15.3 Å². The Hall–Kier alpha value is -3.74. The van der Waals surface area contributed by atoms with Gasteiger partial charge in [0.2, 0.25) is 0 Å². The largest absolute Gasteiger partial charge is 0.477 e. The van der Waals surface area contributed by atoms with E-state index >= 15 is 0 Å². The van der Waals surface area contributed by atoms with Gasteiger partial charge in [-0.15, -0.1) is 0 Å². The molecule has 1 amide bonds. The van der Waals surface area contributed by atoms with Crippen molar-refractivity contribution >= 4 is 12.1 Å². The van der Waals surface area contributed by atoms with Crippen LogP contribution in [-0.2, 0) is 11.2 Å². The number of aromatic nitrogens is 2. The van der Waals surface area contributed by atoms with Crippen LogP contribution in [0.1, 0.15) is 33.4 Å². The Bertz CT molecular complexity index is 1020. The minimum absolute atomic E-state index is 0.00346. The number of aromatic carboxylic acids is 1. The van der Waals surface area contributed by atoms with Crippen LogP contribution in [0.4, 0.5) is 4.79 Å². The Balaban J connectivity index is 1.33. The van der Waals surface area contributed by atoms with E-state index in [1.807, 2.05) is 24.3 Å². The van der Waals surface area contributed by atoms with Gasteiger partial charge < -0.3 is 15.2 Å². The van der Waals surface area contributed by atoms with Crippen molar-refractivity contribution < 1.29 is 19.4 Å². The second-order valence-electron chi connectivity index (χ2n) is 6.67. The molecule has 0 saturated carbocycles. The Morgan fingerprint density at radius 2 is 1.66 bits per heavy atom. The first kappa shape index (κ1) is 18.6. The number of amides is 1. The van der Waals surface area contributed by atoms with Crippen LogP contribution >= 0.6 is 0 Å². The van der Waals surface area contributed by atoms with Crippen LogP contribution in [0.5, 0.6) is 0 Å². The number of carboxylic acids is 1. The van der Waals surface area contributed by atoms with E-state index in [0.717, 1.165) is 11.1 Å². The van der Waals surface area contributed by atoms with Gasteiger partial charge in [-0.1, -0.05) is 48.5 Å². The smallest absolute Gasteiger partial charge is 0.407 e. The van der Waals surface area contributed by atoms with Crippen molar-refractivity contribution in [3.63, 3.8) is 0 Å². The molecule has 2 aromatic carbocycles. The van der Waals surface area contributed by atoms with E-state index in [1.165, 1.54) is 23.4 Å². The summed E-state index contributed by atoms with van der Waals surface area (Å²) in [6.45, 7) is 0.491. The van der Waals surface area contributed by atoms with Gasteiger partial charge in [-0.05, 0) is 28.3 Å². The van der Waals surface area contributed by atoms with Gasteiger partial charge in [0.25, 0.3) is 0 Å². The number of benzene rings is 2. The number of hydrogen-bond acceptors (Lipinski definition) is 5. The maximum Gasteiger partial charge on any atom is 0.407 e. The maximum atomic E-state index is 12.1. The standard InChI is InChI=1S/C22H19N3O4/c26-21(27)19-9-11-23-20(25-19)10-12-24-22(28)29-13-18-16-7-3-1-5-14(16)15-6-2-4-8-17(15)18/h1-9,11,18H,10,12-13H2,(H,24,28)(H,26,27). The summed E-state index contributed by atoms with van der Waals surface area (Å²) >= 11 is 0. The Morgan fingerprint density at radius 3 is 2.31 bits per heavy atom. The predicted octanol–water partition coefficient (Wildman–Crippen LogP) is 3.26. The number of fused-ring (bicyclic) bond motifs is 3. The van der Waals surface area contributed by atoms with Crippen LogP contribution in [0.15, 0.2) is 60.8 Å². The molecule has 29 heavy (non-hydrogen) atoms. The number of ether oxygens (including phenoxy) is 1. The van der Waals surface area contributed by atoms with E-state index in [2.05, 4.69) is 39.6 Å². The highest BCUT2D eigenvalue weighted by Crippen LogP contribution is 2.44. The maximum absolute atomic E-state index is 12.1. The molecule has 7 nitrogen and oxygen atoms in total. The monoisotopic (exact) mass is 389 g/mol. The number of carboxylic acid groups (broad SMARTS) is 1. The summed E-state index contributed by atoms with van der Waals surface area (Å²) in [4.78, 5) is 31.0. The second kappa shape index (κ2) is 8.10. The molecule has 0 unspecified atom stereocenters. The minimum Gasteiger partial charge on any atom is -0.477 e. The lowest BCUT2D eigenvalue weighted by Crippen LogP contribution is -2.28. The Labute approximate surface area is 167 Å². The third-order valence-electron chi connectivity index (χ3n) is 4.89. The molecule has 1 aliphatic rings. The molecule has 0 fully saturated rings. The summed E-state index contributed by atoms with van der Waals surface area (Å²) < 4.78 is 5.45. The third kappa shape index (κ3) is 3.94. The lowest BCUT2D eigenvalue weighted by molar-refractivity contribution is 0.0689. The topological polar surface area (TPSA) is 101 Å². The van der Waals surface area contributed by atoms with Crippen molar-refractivity contribution in [3.05, 3.63) is 83.4 Å². The lowest BCUT2D eigenvalue weighted by Gasteiger charge is -2.14. The SMILES string of the molecule is O=C(NCCc1nccc(C(=O)O)n1)OCC1c2ccccc2-c2ccccc21. The van der Waals surface area contributed by atoms with Crippen LogP contribution in [0, 0.1) is 0 Å². The number of carbonyl (C=O) groups is 2. The first-order chi connectivity index (χ1) is 14.1. The number of nitrogens with zero attached hydrogens (tertiary/aromatic N) is 2. The first-order valence-electron chi connectivity index (χ1n) is 9.27. The summed E-state index contributed by atoms with van der Waals surface area (Å²) in [6.07, 6.45) is 1.17. The highest BCUT2D eigenvalue weighted by molar-refractivity contribution is 5.85. The van der Waals surface area contributed by atoms with E-state index < -0.39 is 12.1 Å². The van der Waals surface area contributed by atoms with Gasteiger partial charge in [0.15, 0.2) is 5.69 Å². The molecule has 0 bridgehead atoms. The van der Waals surface area contributed by atoms with E-state index in [-0.39, 0.29) is 24.8 Å². The molecule has 0 atom stereocenters. The van der Waals surface area contributed by atoms with E-state index in [0.29, 0.717) is 12.2 Å². The molecule has 1 aliphatic carbocycles. The molecule has 146 valence electrons. The number of rotatable bonds is 6. The molecule has 0 saturated heterocycles. The molecule has 0 radical (unpaired) electrons. The highest BCUT2D eigenvalue weighted by atomic mass is 16.5. The number of carbonyl (C=O) groups excluding carboxylic acids is 1. The molecule has 2 N–H and O–H groups in total. The van der Waals surface area contributed by atoms with Gasteiger partial charge in [0, 0.05) is 25.1 Å². The van der Waals surface area contributed by atoms with E-state index in [1.54, 1.807) is 0 Å². The van der Waals surface area contributed by atoms with Gasteiger partial charge in [0.05, 0.1) is 0 Å². The molecule has 1 heterocycles. The highest BCUT2D eigenvalue weighted by Gasteiger charge is 2.28. The molecular formula is C22H19N3O4. The fraction of sp³-hybridized carbons (Fsp3) is 0.182. The molecule has 1 aromatic heterocycles. The van der Waals surface area contributed by atoms with Crippen LogP contribution in [0.25, 0.3) is 11.1 Å². The Kier molecular flexibility index (Phi) is 5.20. The zero-order valence-electron chi connectivity index (χ0n) is 15.5. The van der Waals surface area contributed by atoms with Crippen molar-refractivity contribution in [1.29, 1.82) is 0 Å². The van der Waals surface area contributed by atoms with E-state index in [9.17, 15) is 9.59 Å². The third-order valence-corrected chi connectivity index (χ3v) is 4.89. The van der Waals surface area contributed by atoms with Gasteiger partial charge in [-0.25, -0.2) is 19.6 Å². The van der Waals surface area contributed by atoms with Gasteiger partial charge in [-0.2, -0.15) is 0 Å². The Morgan fingerprint density at radius 1 is 1.00 bits per heavy atom. The number of nitrogens with one attached hydrogen (secondary N) is 1. The summed E-state index contributed by atoms with van der Waals surface area (Å²) in [6, 6.07) is 17.6. The first-order valence-corrected chi connectivity index (χ1v) is 9.27. The van der Waals surface area contributed by atoms with Crippen LogP contribution in [0.2, 0.25) is 0 Å². The summed E-state index contributed by atoms with van der Waals surface area (Å²) in [5, 5.41) is 11.6. The van der Waals surface area contributed by atoms with Crippen molar-refractivity contribution in [3.8, 4) is 11.1 Å². The summed E-state index contributed by atoms with van der Waals surface area (Å²) in [5.41, 5.74) is 4.58. The van der Waals surface area contributed by atoms with Crippen LogP contribution in [0.3, 0.4) is 0 Å². The predicted molar refractivity (Wildman–Crippen MR) is 106 cm³/mol.